The van der Waals surface area contributed by atoms with Gasteiger partial charge in [0.1, 0.15) is 0 Å². The molecule has 29 heavy (non-hydrogen) atoms. The van der Waals surface area contributed by atoms with Gasteiger partial charge in [-0.05, 0) is 57.2 Å². The zero-order chi connectivity index (χ0) is 21.1. The molecule has 3 rings (SSSR count). The van der Waals surface area contributed by atoms with Gasteiger partial charge in [0.25, 0.3) is 10.1 Å². The highest BCUT2D eigenvalue weighted by Gasteiger charge is 2.14. The lowest BCUT2D eigenvalue weighted by atomic mass is 10.1. The molecule has 0 spiro atoms. The summed E-state index contributed by atoms with van der Waals surface area (Å²) in [4.78, 5) is 13.0. The van der Waals surface area contributed by atoms with E-state index in [1.54, 1.807) is 18.5 Å². The fourth-order valence-corrected chi connectivity index (χ4v) is 2.89. The number of hydrogen-bond donors (Lipinski definition) is 4. The molecule has 0 radical (unpaired) electrons. The van der Waals surface area contributed by atoms with Gasteiger partial charge in [0, 0.05) is 29.6 Å². The maximum atomic E-state index is 11.1. The van der Waals surface area contributed by atoms with Crippen LogP contribution in [0.15, 0.2) is 59.8 Å². The van der Waals surface area contributed by atoms with Gasteiger partial charge in [0.2, 0.25) is 5.95 Å². The smallest absolute Gasteiger partial charge is 0.294 e. The van der Waals surface area contributed by atoms with E-state index in [-0.39, 0.29) is 10.4 Å². The molecule has 0 fully saturated rings. The van der Waals surface area contributed by atoms with E-state index in [0.29, 0.717) is 23.1 Å². The fourth-order valence-electron chi connectivity index (χ4n) is 2.41. The number of anilines is 3. The third-order valence-electron chi connectivity index (χ3n) is 3.66. The Morgan fingerprint density at radius 3 is 2.31 bits per heavy atom. The Labute approximate surface area is 169 Å². The third kappa shape index (κ3) is 5.87. The summed E-state index contributed by atoms with van der Waals surface area (Å²) in [5, 5.41) is 3.25. The van der Waals surface area contributed by atoms with Crippen molar-refractivity contribution in [2.45, 2.75) is 31.2 Å². The molecule has 1 aromatic carbocycles. The number of nitrogens with zero attached hydrogens (tertiary/aromatic N) is 3. The van der Waals surface area contributed by atoms with Crippen LogP contribution < -0.4 is 16.2 Å². The van der Waals surface area contributed by atoms with Crippen molar-refractivity contribution >= 4 is 27.6 Å². The number of nitrogens with one attached hydrogen (secondary N) is 3. The van der Waals surface area contributed by atoms with Crippen LogP contribution in [0.3, 0.4) is 0 Å². The van der Waals surface area contributed by atoms with E-state index in [9.17, 15) is 8.42 Å². The van der Waals surface area contributed by atoms with Crippen LogP contribution in [-0.2, 0) is 10.1 Å². The molecule has 0 aliphatic rings. The van der Waals surface area contributed by atoms with Gasteiger partial charge in [-0.3, -0.25) is 20.4 Å². The van der Waals surface area contributed by atoms with Crippen LogP contribution >= 0.6 is 0 Å². The largest absolute Gasteiger partial charge is 0.350 e. The monoisotopic (exact) mass is 414 g/mol. The summed E-state index contributed by atoms with van der Waals surface area (Å²) >= 11 is 0. The first-order valence-corrected chi connectivity index (χ1v) is 10.2. The zero-order valence-corrected chi connectivity index (χ0v) is 17.0. The Balaban J connectivity index is 1.85. The van der Waals surface area contributed by atoms with E-state index in [4.69, 9.17) is 4.55 Å². The van der Waals surface area contributed by atoms with Crippen LogP contribution in [0.25, 0.3) is 11.3 Å². The van der Waals surface area contributed by atoms with Gasteiger partial charge < -0.3 is 5.32 Å². The van der Waals surface area contributed by atoms with E-state index < -0.39 is 10.1 Å². The van der Waals surface area contributed by atoms with Crippen LogP contribution in [-0.4, -0.2) is 33.5 Å². The number of hydrogen-bond acceptors (Lipinski definition) is 8. The summed E-state index contributed by atoms with van der Waals surface area (Å²) in [6, 6.07) is 11.1. The highest BCUT2D eigenvalue weighted by Crippen LogP contribution is 2.22. The zero-order valence-electron chi connectivity index (χ0n) is 16.2. The van der Waals surface area contributed by atoms with E-state index in [1.807, 2.05) is 32.9 Å². The standard InChI is InChI=1S/C19H22N6O3S/c1-19(2,3)23-18-21-16(13-5-4-10-20-12-13)11-17(22-18)25-24-14-6-8-15(9-7-14)29(26,27)28/h4-12,24H,1-3H3,(H,26,27,28)(H2,21,22,23,25). The van der Waals surface area contributed by atoms with E-state index in [1.165, 1.54) is 24.3 Å². The minimum absolute atomic E-state index is 0.180. The highest BCUT2D eigenvalue weighted by molar-refractivity contribution is 7.85. The molecule has 2 heterocycles. The van der Waals surface area contributed by atoms with E-state index >= 15 is 0 Å². The predicted octanol–water partition coefficient (Wildman–Crippen LogP) is 3.43. The summed E-state index contributed by atoms with van der Waals surface area (Å²) in [7, 11) is -4.23. The van der Waals surface area contributed by atoms with E-state index in [0.717, 1.165) is 5.56 Å². The number of rotatable bonds is 6. The molecule has 0 atom stereocenters. The van der Waals surface area contributed by atoms with Gasteiger partial charge in [0.15, 0.2) is 5.82 Å². The Morgan fingerprint density at radius 1 is 1.00 bits per heavy atom. The number of aromatic nitrogens is 3. The molecular weight excluding hydrogens is 392 g/mol. The van der Waals surface area contributed by atoms with Crippen molar-refractivity contribution in [1.82, 2.24) is 15.0 Å². The number of hydrazine groups is 1. The van der Waals surface area contributed by atoms with Crippen molar-refractivity contribution in [3.8, 4) is 11.3 Å². The summed E-state index contributed by atoms with van der Waals surface area (Å²) in [6.07, 6.45) is 3.41. The molecule has 2 aromatic heterocycles. The predicted molar refractivity (Wildman–Crippen MR) is 112 cm³/mol. The van der Waals surface area contributed by atoms with Crippen LogP contribution in [0.1, 0.15) is 20.8 Å². The van der Waals surface area contributed by atoms with Crippen molar-refractivity contribution in [2.24, 2.45) is 0 Å². The molecule has 0 saturated heterocycles. The fraction of sp³-hybridized carbons (Fsp3) is 0.211. The normalized spacial score (nSPS) is 11.7. The van der Waals surface area contributed by atoms with E-state index in [2.05, 4.69) is 31.1 Å². The van der Waals surface area contributed by atoms with Gasteiger partial charge >= 0.3 is 0 Å². The Bertz CT molecular complexity index is 1080. The minimum atomic E-state index is -4.23. The molecular formula is C19H22N6O3S. The molecule has 4 N–H and O–H groups in total. The van der Waals surface area contributed by atoms with Crippen LogP contribution in [0, 0.1) is 0 Å². The lowest BCUT2D eigenvalue weighted by Crippen LogP contribution is -2.27. The van der Waals surface area contributed by atoms with Crippen LogP contribution in [0.5, 0.6) is 0 Å². The quantitative estimate of drug-likeness (QED) is 0.354. The van der Waals surface area contributed by atoms with Gasteiger partial charge in [-0.15, -0.1) is 0 Å². The summed E-state index contributed by atoms with van der Waals surface area (Å²) in [5.41, 5.74) is 7.81. The van der Waals surface area contributed by atoms with Crippen LogP contribution in [0.2, 0.25) is 0 Å². The number of benzene rings is 1. The lowest BCUT2D eigenvalue weighted by molar-refractivity contribution is 0.483. The molecule has 0 amide bonds. The first-order chi connectivity index (χ1) is 13.6. The van der Waals surface area contributed by atoms with Crippen LogP contribution in [0.4, 0.5) is 17.5 Å². The molecule has 10 heteroatoms. The third-order valence-corrected chi connectivity index (χ3v) is 4.53. The molecule has 9 nitrogen and oxygen atoms in total. The topological polar surface area (TPSA) is 129 Å². The van der Waals surface area contributed by atoms with Crippen molar-refractivity contribution in [3.05, 3.63) is 54.9 Å². The van der Waals surface area contributed by atoms with Crippen molar-refractivity contribution in [3.63, 3.8) is 0 Å². The van der Waals surface area contributed by atoms with Gasteiger partial charge in [-0.25, -0.2) is 4.98 Å². The molecule has 0 saturated carbocycles. The maximum Gasteiger partial charge on any atom is 0.294 e. The minimum Gasteiger partial charge on any atom is -0.350 e. The average Bonchev–Trinajstić information content (AvgIpc) is 2.65. The second kappa shape index (κ2) is 8.02. The summed E-state index contributed by atoms with van der Waals surface area (Å²) in [5.74, 6) is 0.953. The molecule has 0 bridgehead atoms. The SMILES string of the molecule is CC(C)(C)Nc1nc(NNc2ccc(S(=O)(=O)O)cc2)cc(-c2cccnc2)n1. The van der Waals surface area contributed by atoms with Gasteiger partial charge in [-0.2, -0.15) is 13.4 Å². The Hall–Kier alpha value is -3.24. The summed E-state index contributed by atoms with van der Waals surface area (Å²) in [6.45, 7) is 6.03. The average molecular weight is 414 g/mol. The van der Waals surface area contributed by atoms with Crippen molar-refractivity contribution < 1.29 is 13.0 Å². The summed E-state index contributed by atoms with van der Waals surface area (Å²) < 4.78 is 31.3. The van der Waals surface area contributed by atoms with Crippen molar-refractivity contribution in [2.75, 3.05) is 16.2 Å². The first-order valence-electron chi connectivity index (χ1n) is 8.77. The Morgan fingerprint density at radius 2 is 1.72 bits per heavy atom. The highest BCUT2D eigenvalue weighted by atomic mass is 32.2. The van der Waals surface area contributed by atoms with Gasteiger partial charge in [-0.1, -0.05) is 0 Å². The lowest BCUT2D eigenvalue weighted by Gasteiger charge is -2.21. The second-order valence-corrected chi connectivity index (χ2v) is 8.75. The molecule has 0 aliphatic heterocycles. The molecule has 0 unspecified atom stereocenters. The first kappa shape index (κ1) is 20.5. The Kier molecular flexibility index (Phi) is 5.66. The maximum absolute atomic E-state index is 11.1. The van der Waals surface area contributed by atoms with Gasteiger partial charge in [0.05, 0.1) is 16.3 Å². The molecule has 0 aliphatic carbocycles. The number of pyridine rings is 1. The second-order valence-electron chi connectivity index (χ2n) is 7.33. The molecule has 152 valence electrons. The molecule has 3 aromatic rings. The van der Waals surface area contributed by atoms with Crippen molar-refractivity contribution in [1.29, 1.82) is 0 Å².